The standard InChI is InChI=1S/C25H32O6/c1-7-13-30-22(27)20-18(26)15-25(6,29)21(23(28)31-14-8-2)19(20)16-9-11-17(12-10-16)24(3,4)5/h7-12,19-21,29H,1-2,13-15H2,3-6H3/t19-,20+,21-,25-/m0/s1. The molecule has 6 heteroatoms. The lowest BCUT2D eigenvalue weighted by atomic mass is 9.61. The van der Waals surface area contributed by atoms with Crippen LogP contribution in [0.5, 0.6) is 0 Å². The quantitative estimate of drug-likeness (QED) is 0.406. The van der Waals surface area contributed by atoms with Gasteiger partial charge in [-0.25, -0.2) is 0 Å². The summed E-state index contributed by atoms with van der Waals surface area (Å²) in [5, 5.41) is 11.0. The highest BCUT2D eigenvalue weighted by molar-refractivity contribution is 6.02. The van der Waals surface area contributed by atoms with Crippen LogP contribution in [0.15, 0.2) is 49.6 Å². The first-order chi connectivity index (χ1) is 14.4. The van der Waals surface area contributed by atoms with Gasteiger partial charge in [0.25, 0.3) is 0 Å². The molecule has 2 rings (SSSR count). The van der Waals surface area contributed by atoms with E-state index in [1.807, 2.05) is 12.1 Å². The molecule has 1 fully saturated rings. The number of rotatable bonds is 7. The smallest absolute Gasteiger partial charge is 0.317 e. The van der Waals surface area contributed by atoms with E-state index in [0.29, 0.717) is 5.56 Å². The van der Waals surface area contributed by atoms with E-state index in [-0.39, 0.29) is 25.0 Å². The summed E-state index contributed by atoms with van der Waals surface area (Å²) in [4.78, 5) is 38.7. The van der Waals surface area contributed by atoms with Gasteiger partial charge in [-0.3, -0.25) is 14.4 Å². The van der Waals surface area contributed by atoms with Crippen molar-refractivity contribution < 1.29 is 29.0 Å². The topological polar surface area (TPSA) is 89.9 Å². The molecular formula is C25H32O6. The van der Waals surface area contributed by atoms with E-state index in [1.165, 1.54) is 19.1 Å². The van der Waals surface area contributed by atoms with E-state index in [2.05, 4.69) is 33.9 Å². The number of Topliss-reactive ketones (excluding diaryl/α,β-unsaturated/α-hetero) is 1. The zero-order chi connectivity index (χ0) is 23.4. The molecule has 0 unspecified atom stereocenters. The van der Waals surface area contributed by atoms with Crippen LogP contribution in [0, 0.1) is 11.8 Å². The molecule has 168 valence electrons. The Morgan fingerprint density at radius 3 is 2.10 bits per heavy atom. The summed E-state index contributed by atoms with van der Waals surface area (Å²) in [6.45, 7) is 14.6. The van der Waals surface area contributed by atoms with Gasteiger partial charge in [0.05, 0.1) is 11.5 Å². The molecule has 0 aliphatic heterocycles. The Kier molecular flexibility index (Phi) is 7.60. The number of carbonyl (C=O) groups is 3. The molecule has 4 atom stereocenters. The summed E-state index contributed by atoms with van der Waals surface area (Å²) in [6.07, 6.45) is 2.47. The third-order valence-electron chi connectivity index (χ3n) is 5.62. The highest BCUT2D eigenvalue weighted by Crippen LogP contribution is 2.47. The van der Waals surface area contributed by atoms with Gasteiger partial charge in [0, 0.05) is 12.3 Å². The van der Waals surface area contributed by atoms with Crippen LogP contribution in [0.3, 0.4) is 0 Å². The van der Waals surface area contributed by atoms with E-state index in [4.69, 9.17) is 9.47 Å². The predicted octanol–water partition coefficient (Wildman–Crippen LogP) is 3.48. The van der Waals surface area contributed by atoms with Crippen LogP contribution in [0.1, 0.15) is 51.2 Å². The fraction of sp³-hybridized carbons (Fsp3) is 0.480. The molecule has 1 aromatic carbocycles. The van der Waals surface area contributed by atoms with E-state index >= 15 is 0 Å². The second kappa shape index (κ2) is 9.60. The Bertz CT molecular complexity index is 844. The average molecular weight is 429 g/mol. The molecule has 1 N–H and O–H groups in total. The lowest BCUT2D eigenvalue weighted by Gasteiger charge is -2.43. The van der Waals surface area contributed by atoms with Crippen molar-refractivity contribution in [1.29, 1.82) is 0 Å². The van der Waals surface area contributed by atoms with Gasteiger partial charge >= 0.3 is 11.9 Å². The summed E-state index contributed by atoms with van der Waals surface area (Å²) < 4.78 is 10.4. The van der Waals surface area contributed by atoms with Crippen LogP contribution in [0.4, 0.5) is 0 Å². The molecule has 1 aromatic rings. The maximum atomic E-state index is 13.0. The number of benzene rings is 1. The zero-order valence-corrected chi connectivity index (χ0v) is 18.7. The molecule has 0 amide bonds. The Balaban J connectivity index is 2.60. The number of hydrogen-bond donors (Lipinski definition) is 1. The largest absolute Gasteiger partial charge is 0.461 e. The van der Waals surface area contributed by atoms with Crippen LogP contribution < -0.4 is 0 Å². The molecule has 0 saturated heterocycles. The molecule has 0 heterocycles. The summed E-state index contributed by atoms with van der Waals surface area (Å²) in [5.74, 6) is -5.21. The van der Waals surface area contributed by atoms with Gasteiger partial charge in [-0.2, -0.15) is 0 Å². The van der Waals surface area contributed by atoms with Gasteiger partial charge in [-0.05, 0) is 23.5 Å². The van der Waals surface area contributed by atoms with Crippen molar-refractivity contribution in [2.75, 3.05) is 13.2 Å². The Hall–Kier alpha value is -2.73. The van der Waals surface area contributed by atoms with Crippen molar-refractivity contribution in [3.63, 3.8) is 0 Å². The van der Waals surface area contributed by atoms with Gasteiger partial charge in [0.15, 0.2) is 5.78 Å². The maximum Gasteiger partial charge on any atom is 0.317 e. The summed E-state index contributed by atoms with van der Waals surface area (Å²) in [5.41, 5.74) is -0.140. The fourth-order valence-electron chi connectivity index (χ4n) is 4.08. The summed E-state index contributed by atoms with van der Waals surface area (Å²) >= 11 is 0. The van der Waals surface area contributed by atoms with Crippen LogP contribution in [0.2, 0.25) is 0 Å². The van der Waals surface area contributed by atoms with Crippen molar-refractivity contribution in [2.24, 2.45) is 11.8 Å². The third kappa shape index (κ3) is 5.50. The monoisotopic (exact) mass is 428 g/mol. The van der Waals surface area contributed by atoms with Crippen LogP contribution >= 0.6 is 0 Å². The highest BCUT2D eigenvalue weighted by Gasteiger charge is 2.57. The Morgan fingerprint density at radius 1 is 1.10 bits per heavy atom. The maximum absolute atomic E-state index is 13.0. The third-order valence-corrected chi connectivity index (χ3v) is 5.62. The lowest BCUT2D eigenvalue weighted by Crippen LogP contribution is -2.55. The molecule has 1 aliphatic carbocycles. The first-order valence-corrected chi connectivity index (χ1v) is 10.3. The Morgan fingerprint density at radius 2 is 1.61 bits per heavy atom. The zero-order valence-electron chi connectivity index (χ0n) is 18.7. The molecule has 0 spiro atoms. The highest BCUT2D eigenvalue weighted by atomic mass is 16.5. The SMILES string of the molecule is C=CCOC(=O)[C@@H]1C(=O)C[C@](C)(O)[C@H](C(=O)OCC=C)[C@H]1c1ccc(C(C)(C)C)cc1. The lowest BCUT2D eigenvalue weighted by molar-refractivity contribution is -0.171. The molecule has 6 nitrogen and oxygen atoms in total. The number of ketones is 1. The minimum Gasteiger partial charge on any atom is -0.461 e. The van der Waals surface area contributed by atoms with Crippen molar-refractivity contribution in [3.8, 4) is 0 Å². The minimum atomic E-state index is -1.68. The fourth-order valence-corrected chi connectivity index (χ4v) is 4.08. The van der Waals surface area contributed by atoms with Crippen molar-refractivity contribution in [2.45, 2.75) is 51.0 Å². The van der Waals surface area contributed by atoms with Crippen molar-refractivity contribution >= 4 is 17.7 Å². The summed E-state index contributed by atoms with van der Waals surface area (Å²) in [7, 11) is 0. The number of aliphatic hydroxyl groups is 1. The average Bonchev–Trinajstić information content (AvgIpc) is 2.68. The van der Waals surface area contributed by atoms with Crippen LogP contribution in [-0.2, 0) is 29.3 Å². The summed E-state index contributed by atoms with van der Waals surface area (Å²) in [6, 6.07) is 7.39. The van der Waals surface area contributed by atoms with Crippen LogP contribution in [-0.4, -0.2) is 41.6 Å². The Labute approximate surface area is 183 Å². The van der Waals surface area contributed by atoms with Gasteiger partial charge in [-0.15, -0.1) is 0 Å². The second-order valence-electron chi connectivity index (χ2n) is 9.19. The molecule has 0 bridgehead atoms. The van der Waals surface area contributed by atoms with Gasteiger partial charge < -0.3 is 14.6 Å². The van der Waals surface area contributed by atoms with Gasteiger partial charge in [0.2, 0.25) is 0 Å². The normalized spacial score (nSPS) is 26.1. The number of hydrogen-bond acceptors (Lipinski definition) is 6. The molecule has 1 saturated carbocycles. The number of esters is 2. The first kappa shape index (κ1) is 24.5. The van der Waals surface area contributed by atoms with E-state index in [1.54, 1.807) is 12.1 Å². The van der Waals surface area contributed by atoms with Crippen molar-refractivity contribution in [3.05, 3.63) is 60.7 Å². The molecule has 0 radical (unpaired) electrons. The predicted molar refractivity (Wildman–Crippen MR) is 117 cm³/mol. The van der Waals surface area contributed by atoms with E-state index in [9.17, 15) is 19.5 Å². The molecule has 0 aromatic heterocycles. The second-order valence-corrected chi connectivity index (χ2v) is 9.19. The van der Waals surface area contributed by atoms with E-state index < -0.39 is 41.1 Å². The van der Waals surface area contributed by atoms with E-state index in [0.717, 1.165) is 5.56 Å². The molecule has 1 aliphatic rings. The van der Waals surface area contributed by atoms with Gasteiger partial charge in [-0.1, -0.05) is 70.3 Å². The first-order valence-electron chi connectivity index (χ1n) is 10.3. The molecule has 31 heavy (non-hydrogen) atoms. The number of ether oxygens (including phenoxy) is 2. The number of carbonyl (C=O) groups excluding carboxylic acids is 3. The molecular weight excluding hydrogens is 396 g/mol. The minimum absolute atomic E-state index is 0.0411. The van der Waals surface area contributed by atoms with Crippen molar-refractivity contribution in [1.82, 2.24) is 0 Å². The van der Waals surface area contributed by atoms with Gasteiger partial charge in [0.1, 0.15) is 19.1 Å². The van der Waals surface area contributed by atoms with Crippen LogP contribution in [0.25, 0.3) is 0 Å².